The zero-order valence-electron chi connectivity index (χ0n) is 9.85. The van der Waals surface area contributed by atoms with Crippen molar-refractivity contribution in [2.75, 3.05) is 34.0 Å². The van der Waals surface area contributed by atoms with Crippen LogP contribution in [0.5, 0.6) is 0 Å². The number of nitrogens with one attached hydrogen (secondary N) is 1. The minimum atomic E-state index is 0.656. The number of tetrazole rings is 1. The van der Waals surface area contributed by atoms with E-state index in [1.54, 1.807) is 18.9 Å². The third-order valence-corrected chi connectivity index (χ3v) is 2.09. The summed E-state index contributed by atoms with van der Waals surface area (Å²) in [5, 5.41) is 14.7. The van der Waals surface area contributed by atoms with Crippen molar-refractivity contribution in [3.63, 3.8) is 0 Å². The summed E-state index contributed by atoms with van der Waals surface area (Å²) >= 11 is 0. The molecule has 1 aromatic heterocycles. The van der Waals surface area contributed by atoms with Crippen LogP contribution < -0.4 is 5.32 Å². The van der Waals surface area contributed by atoms with E-state index in [0.29, 0.717) is 13.2 Å². The number of aryl methyl sites for hydroxylation is 1. The third-order valence-electron chi connectivity index (χ3n) is 2.09. The van der Waals surface area contributed by atoms with Gasteiger partial charge in [-0.1, -0.05) is 0 Å². The van der Waals surface area contributed by atoms with Crippen LogP contribution in [0.2, 0.25) is 0 Å². The first-order valence-corrected chi connectivity index (χ1v) is 5.32. The van der Waals surface area contributed by atoms with E-state index in [9.17, 15) is 0 Å². The Bertz CT molecular complexity index is 279. The van der Waals surface area contributed by atoms with Crippen molar-refractivity contribution in [2.45, 2.75) is 19.5 Å². The van der Waals surface area contributed by atoms with Crippen LogP contribution in [0, 0.1) is 0 Å². The standard InChI is InChI=1S/C9H19N5O2/c1-15-6-3-5-14-9(11-12-13-14)8-10-4-7-16-2/h10H,3-8H2,1-2H3. The summed E-state index contributed by atoms with van der Waals surface area (Å²) in [4.78, 5) is 0. The van der Waals surface area contributed by atoms with Gasteiger partial charge in [-0.3, -0.25) is 0 Å². The highest BCUT2D eigenvalue weighted by molar-refractivity contribution is 4.79. The van der Waals surface area contributed by atoms with E-state index in [2.05, 4.69) is 20.8 Å². The summed E-state index contributed by atoms with van der Waals surface area (Å²) in [6.45, 7) is 3.63. The lowest BCUT2D eigenvalue weighted by Gasteiger charge is -2.05. The molecule has 0 saturated carbocycles. The molecule has 0 aromatic carbocycles. The second-order valence-corrected chi connectivity index (χ2v) is 3.33. The fourth-order valence-corrected chi connectivity index (χ4v) is 1.26. The molecule has 1 aromatic rings. The molecule has 1 rings (SSSR count). The van der Waals surface area contributed by atoms with E-state index in [1.807, 2.05) is 0 Å². The number of aromatic nitrogens is 4. The van der Waals surface area contributed by atoms with Gasteiger partial charge in [0.2, 0.25) is 0 Å². The minimum Gasteiger partial charge on any atom is -0.385 e. The molecule has 0 atom stereocenters. The van der Waals surface area contributed by atoms with Crippen LogP contribution in [-0.2, 0) is 22.6 Å². The van der Waals surface area contributed by atoms with E-state index >= 15 is 0 Å². The van der Waals surface area contributed by atoms with Gasteiger partial charge in [0.1, 0.15) is 0 Å². The highest BCUT2D eigenvalue weighted by Gasteiger charge is 2.04. The van der Waals surface area contributed by atoms with E-state index < -0.39 is 0 Å². The fourth-order valence-electron chi connectivity index (χ4n) is 1.26. The predicted octanol–water partition coefficient (Wildman–Crippen LogP) is -0.554. The van der Waals surface area contributed by atoms with Crippen molar-refractivity contribution in [3.05, 3.63) is 5.82 Å². The highest BCUT2D eigenvalue weighted by Crippen LogP contribution is 1.94. The highest BCUT2D eigenvalue weighted by atomic mass is 16.5. The van der Waals surface area contributed by atoms with Gasteiger partial charge in [-0.15, -0.1) is 5.10 Å². The maximum atomic E-state index is 4.98. The van der Waals surface area contributed by atoms with E-state index in [1.165, 1.54) is 0 Å². The molecule has 7 heteroatoms. The van der Waals surface area contributed by atoms with Gasteiger partial charge in [0, 0.05) is 33.9 Å². The zero-order chi connectivity index (χ0) is 11.6. The van der Waals surface area contributed by atoms with Crippen molar-refractivity contribution in [1.82, 2.24) is 25.5 Å². The van der Waals surface area contributed by atoms with Gasteiger partial charge in [0.25, 0.3) is 0 Å². The average molecular weight is 229 g/mol. The van der Waals surface area contributed by atoms with E-state index in [-0.39, 0.29) is 0 Å². The van der Waals surface area contributed by atoms with Crippen LogP contribution in [0.1, 0.15) is 12.2 Å². The maximum absolute atomic E-state index is 4.98. The molecule has 0 aliphatic rings. The Kier molecular flexibility index (Phi) is 6.62. The summed E-state index contributed by atoms with van der Waals surface area (Å²) < 4.78 is 11.7. The number of nitrogens with zero attached hydrogens (tertiary/aromatic N) is 4. The molecule has 1 heterocycles. The number of ether oxygens (including phenoxy) is 2. The summed E-state index contributed by atoms with van der Waals surface area (Å²) in [6, 6.07) is 0. The molecule has 0 saturated heterocycles. The Hall–Kier alpha value is -1.05. The van der Waals surface area contributed by atoms with Crippen LogP contribution in [-0.4, -0.2) is 54.2 Å². The fraction of sp³-hybridized carbons (Fsp3) is 0.889. The molecular weight excluding hydrogens is 210 g/mol. The molecule has 1 N–H and O–H groups in total. The van der Waals surface area contributed by atoms with Gasteiger partial charge < -0.3 is 14.8 Å². The molecular formula is C9H19N5O2. The normalized spacial score (nSPS) is 10.9. The summed E-state index contributed by atoms with van der Waals surface area (Å²) in [7, 11) is 3.36. The molecule has 0 spiro atoms. The Balaban J connectivity index is 2.26. The quantitative estimate of drug-likeness (QED) is 0.572. The van der Waals surface area contributed by atoms with Crippen LogP contribution in [0.4, 0.5) is 0 Å². The van der Waals surface area contributed by atoms with E-state index in [0.717, 1.165) is 31.9 Å². The third kappa shape index (κ3) is 4.65. The largest absolute Gasteiger partial charge is 0.385 e. The number of methoxy groups -OCH3 is 2. The van der Waals surface area contributed by atoms with Crippen LogP contribution in [0.3, 0.4) is 0 Å². The van der Waals surface area contributed by atoms with Crippen molar-refractivity contribution in [3.8, 4) is 0 Å². The first-order chi connectivity index (χ1) is 7.88. The zero-order valence-corrected chi connectivity index (χ0v) is 9.85. The lowest BCUT2D eigenvalue weighted by molar-refractivity contribution is 0.188. The van der Waals surface area contributed by atoms with Gasteiger partial charge >= 0.3 is 0 Å². The number of rotatable bonds is 9. The van der Waals surface area contributed by atoms with Crippen molar-refractivity contribution in [2.24, 2.45) is 0 Å². The lowest BCUT2D eigenvalue weighted by atomic mass is 10.4. The summed E-state index contributed by atoms with van der Waals surface area (Å²) in [5.41, 5.74) is 0. The van der Waals surface area contributed by atoms with Gasteiger partial charge in [0.15, 0.2) is 5.82 Å². The molecule has 0 unspecified atom stereocenters. The lowest BCUT2D eigenvalue weighted by Crippen LogP contribution is -2.21. The molecule has 0 amide bonds. The monoisotopic (exact) mass is 229 g/mol. The second kappa shape index (κ2) is 8.14. The molecule has 0 radical (unpaired) electrons. The summed E-state index contributed by atoms with van der Waals surface area (Å²) in [5.74, 6) is 0.840. The number of hydrogen-bond acceptors (Lipinski definition) is 6. The molecule has 7 nitrogen and oxygen atoms in total. The minimum absolute atomic E-state index is 0.656. The molecule has 92 valence electrons. The van der Waals surface area contributed by atoms with Gasteiger partial charge in [-0.2, -0.15) is 0 Å². The van der Waals surface area contributed by atoms with Crippen molar-refractivity contribution < 1.29 is 9.47 Å². The molecule has 16 heavy (non-hydrogen) atoms. The molecule has 0 fully saturated rings. The smallest absolute Gasteiger partial charge is 0.165 e. The Morgan fingerprint density at radius 3 is 2.81 bits per heavy atom. The predicted molar refractivity (Wildman–Crippen MR) is 57.9 cm³/mol. The average Bonchev–Trinajstić information content (AvgIpc) is 2.73. The topological polar surface area (TPSA) is 74.1 Å². The van der Waals surface area contributed by atoms with Crippen molar-refractivity contribution >= 4 is 0 Å². The van der Waals surface area contributed by atoms with Gasteiger partial charge in [0.05, 0.1) is 13.2 Å². The first kappa shape index (κ1) is 13.0. The Labute approximate surface area is 95.1 Å². The SMILES string of the molecule is COCCCn1nnnc1CNCCOC. The van der Waals surface area contributed by atoms with E-state index in [4.69, 9.17) is 9.47 Å². The van der Waals surface area contributed by atoms with Crippen LogP contribution >= 0.6 is 0 Å². The first-order valence-electron chi connectivity index (χ1n) is 5.32. The summed E-state index contributed by atoms with van der Waals surface area (Å²) in [6.07, 6.45) is 0.909. The Morgan fingerprint density at radius 1 is 1.25 bits per heavy atom. The molecule has 0 bridgehead atoms. The maximum Gasteiger partial charge on any atom is 0.165 e. The van der Waals surface area contributed by atoms with Gasteiger partial charge in [-0.25, -0.2) is 4.68 Å². The van der Waals surface area contributed by atoms with Crippen LogP contribution in [0.15, 0.2) is 0 Å². The van der Waals surface area contributed by atoms with Gasteiger partial charge in [-0.05, 0) is 16.8 Å². The second-order valence-electron chi connectivity index (χ2n) is 3.33. The Morgan fingerprint density at radius 2 is 2.06 bits per heavy atom. The van der Waals surface area contributed by atoms with Crippen LogP contribution in [0.25, 0.3) is 0 Å². The molecule has 0 aliphatic heterocycles. The van der Waals surface area contributed by atoms with Crippen molar-refractivity contribution in [1.29, 1.82) is 0 Å². The number of hydrogen-bond donors (Lipinski definition) is 1. The molecule has 0 aliphatic carbocycles.